The highest BCUT2D eigenvalue weighted by molar-refractivity contribution is 3.18. The molecule has 0 heterocycles. The van der Waals surface area contributed by atoms with Crippen molar-refractivity contribution >= 4 is 0 Å². The van der Waals surface area contributed by atoms with Gasteiger partial charge in [0.25, 0.3) is 0 Å². The van der Waals surface area contributed by atoms with Gasteiger partial charge in [0.2, 0.25) is 0 Å². The normalized spacial score (nSPS) is 0.143. The zero-order valence-electron chi connectivity index (χ0n) is 29.7. The Labute approximate surface area is 259 Å². The van der Waals surface area contributed by atoms with E-state index in [-0.39, 0.29) is 246 Å². The molecular formula is CH124N40O. The van der Waals surface area contributed by atoms with Gasteiger partial charge in [0.15, 0.2) is 0 Å². The fraction of sp³-hybridized carbons (Fsp3) is 1.00. The largest absolute Gasteiger partial charge is 0.400 e. The first-order chi connectivity index (χ1) is 1.00. The molecule has 0 unspecified atom stereocenters. The highest BCUT2D eigenvalue weighted by atomic mass is 16.2. The third-order valence-corrected chi connectivity index (χ3v) is 0. The van der Waals surface area contributed by atoms with Crippen LogP contribution in [0.5, 0.6) is 0 Å². The van der Waals surface area contributed by atoms with E-state index in [2.05, 4.69) is 0 Å². The van der Waals surface area contributed by atoms with Gasteiger partial charge >= 0.3 is 0 Å². The lowest BCUT2D eigenvalue weighted by molar-refractivity contribution is 0.399. The van der Waals surface area contributed by atoms with E-state index in [1.807, 2.05) is 0 Å². The molecule has 0 aromatic carbocycles. The van der Waals surface area contributed by atoms with Crippen LogP contribution in [0.4, 0.5) is 0 Å². The van der Waals surface area contributed by atoms with Crippen molar-refractivity contribution in [3.8, 4) is 0 Å². The van der Waals surface area contributed by atoms with Crippen LogP contribution in [0.1, 0.15) is 0 Å². The average molecular weight is 713 g/mol. The number of hydrogen-bond acceptors (Lipinski definition) is 41. The van der Waals surface area contributed by atoms with Gasteiger partial charge in [-0.25, -0.2) is 0 Å². The highest BCUT2D eigenvalue weighted by Crippen LogP contribution is 0.755. The highest BCUT2D eigenvalue weighted by Gasteiger charge is 0.839. The molecule has 121 N–H and O–H groups in total. The van der Waals surface area contributed by atoms with Gasteiger partial charge in [-0.3, -0.25) is 0 Å². The summed E-state index contributed by atoms with van der Waals surface area (Å²) in [5.41, 5.74) is 0. The van der Waals surface area contributed by atoms with Crippen LogP contribution in [-0.2, 0) is 0 Å². The minimum absolute atomic E-state index is 0. The van der Waals surface area contributed by atoms with Crippen molar-refractivity contribution in [1.29, 1.82) is 0 Å². The first-order valence-electron chi connectivity index (χ1n) is 0.447. The van der Waals surface area contributed by atoms with Crippen molar-refractivity contribution in [2.75, 3.05) is 7.11 Å². The second-order valence-electron chi connectivity index (χ2n) is 0. The lowest BCUT2D eigenvalue weighted by Crippen LogP contribution is -1.25. The SMILES string of the molecule is CO.N.N.N.N.N.N.N.N.N.N.N.N.N.N.N.N.N.N.N.N.N.N.N.N.N.N.N.N.N.N.N.N.N.N.N.N.N.N.N.N. The van der Waals surface area contributed by atoms with E-state index in [1.54, 1.807) is 0 Å². The van der Waals surface area contributed by atoms with E-state index in [0.717, 1.165) is 7.11 Å². The average Bonchev–Trinajstić information content (AvgIpc) is 1.00. The Kier molecular flexibility index (Phi) is 78300000. The molecule has 42 heavy (non-hydrogen) atoms. The van der Waals surface area contributed by atoms with Gasteiger partial charge in [-0.2, -0.15) is 0 Å². The van der Waals surface area contributed by atoms with Crippen LogP contribution in [0.15, 0.2) is 0 Å². The van der Waals surface area contributed by atoms with E-state index in [0.29, 0.717) is 0 Å². The first kappa shape index (κ1) is 153000. The molecule has 0 fully saturated rings. The van der Waals surface area contributed by atoms with E-state index >= 15 is 0 Å². The summed E-state index contributed by atoms with van der Waals surface area (Å²) in [5.74, 6) is 0. The maximum Gasteiger partial charge on any atom is 0.0319 e. The Hall–Kier alpha value is -1.64. The minimum Gasteiger partial charge on any atom is -0.400 e. The molecule has 0 rings (SSSR count). The van der Waals surface area contributed by atoms with Crippen molar-refractivity contribution in [2.24, 2.45) is 0 Å². The van der Waals surface area contributed by atoms with Crippen molar-refractivity contribution < 1.29 is 5.11 Å². The molecule has 334 valence electrons. The van der Waals surface area contributed by atoms with Gasteiger partial charge in [-0.15, -0.1) is 0 Å². The first-order valence-corrected chi connectivity index (χ1v) is 0.447. The topological polar surface area (TPSA) is 1420 Å². The standard InChI is InChI=1S/CH4O.40H3N/c1-2;;;;;;;;;;;;;;;;;;;;;;;;;;;;;;;;;;;;;;;;/h2H,1H3;40*1H3. The molecule has 0 aliphatic heterocycles. The van der Waals surface area contributed by atoms with Crippen LogP contribution in [0.25, 0.3) is 0 Å². The molecule has 0 atom stereocenters. The molecule has 0 radical (unpaired) electrons. The zero-order chi connectivity index (χ0) is 2.00. The molecule has 0 bridgehead atoms. The van der Waals surface area contributed by atoms with Crippen LogP contribution in [0.3, 0.4) is 0 Å². The number of rotatable bonds is 0. The van der Waals surface area contributed by atoms with E-state index in [1.165, 1.54) is 0 Å². The summed E-state index contributed by atoms with van der Waals surface area (Å²) < 4.78 is 0. The van der Waals surface area contributed by atoms with Gasteiger partial charge in [-0.1, -0.05) is 0 Å². The molecule has 41 heteroatoms. The lowest BCUT2D eigenvalue weighted by Gasteiger charge is -1.21. The van der Waals surface area contributed by atoms with E-state index < -0.39 is 0 Å². The lowest BCUT2D eigenvalue weighted by atomic mass is 11.8. The van der Waals surface area contributed by atoms with Crippen LogP contribution in [0.2, 0.25) is 0 Å². The summed E-state index contributed by atoms with van der Waals surface area (Å²) in [7, 11) is 1.00. The zero-order valence-corrected chi connectivity index (χ0v) is 29.7. The number of aliphatic hydroxyl groups is 1. The molecule has 0 aliphatic rings. The Morgan fingerprint density at radius 3 is 0.0952 bits per heavy atom. The van der Waals surface area contributed by atoms with Gasteiger partial charge < -0.3 is 251 Å². The second-order valence-corrected chi connectivity index (χ2v) is 0. The maximum atomic E-state index is 7.00. The Bertz CT molecular complexity index is 13.6. The molecule has 0 aliphatic carbocycles. The Balaban J connectivity index is -0.00000000000641. The molecule has 0 amide bonds. The van der Waals surface area contributed by atoms with Crippen molar-refractivity contribution in [3.63, 3.8) is 0 Å². The van der Waals surface area contributed by atoms with Gasteiger partial charge in [0, 0.05) is 7.11 Å². The van der Waals surface area contributed by atoms with Gasteiger partial charge in [-0.05, 0) is 0 Å². The quantitative estimate of drug-likeness (QED) is 0.135. The summed E-state index contributed by atoms with van der Waals surface area (Å²) in [4.78, 5) is 0. The Morgan fingerprint density at radius 1 is 0.0952 bits per heavy atom. The summed E-state index contributed by atoms with van der Waals surface area (Å²) in [5, 5.41) is 7.00. The summed E-state index contributed by atoms with van der Waals surface area (Å²) in [6, 6.07) is 0. The second kappa shape index (κ2) is 21500. The van der Waals surface area contributed by atoms with Gasteiger partial charge in [0.05, 0.1) is 0 Å². The van der Waals surface area contributed by atoms with Crippen molar-refractivity contribution in [1.82, 2.24) is 246 Å². The fourth-order valence-corrected chi connectivity index (χ4v) is 0. The van der Waals surface area contributed by atoms with E-state index in [4.69, 9.17) is 5.11 Å². The third kappa shape index (κ3) is 19900. The fourth-order valence-electron chi connectivity index (χ4n) is 0. The molecular weight excluding hydrogens is 588 g/mol. The summed E-state index contributed by atoms with van der Waals surface area (Å²) in [6.07, 6.45) is 0. The maximum absolute atomic E-state index is 7.00. The predicted octanol–water partition coefficient (Wildman–Crippen LogP) is 6.09. The monoisotopic (exact) mass is 713 g/mol. The van der Waals surface area contributed by atoms with Crippen LogP contribution in [0, 0.1) is 0 Å². The smallest absolute Gasteiger partial charge is 0.0319 e. The number of hydrogen-bond donors (Lipinski definition) is 41. The van der Waals surface area contributed by atoms with Crippen LogP contribution < -0.4 is 246 Å². The van der Waals surface area contributed by atoms with Crippen molar-refractivity contribution in [2.45, 2.75) is 0 Å². The molecule has 0 aromatic heterocycles. The van der Waals surface area contributed by atoms with E-state index in [9.17, 15) is 0 Å². The third-order valence-electron chi connectivity index (χ3n) is 0. The molecule has 0 aromatic rings. The van der Waals surface area contributed by atoms with Gasteiger partial charge in [0.1, 0.15) is 0 Å². The summed E-state index contributed by atoms with van der Waals surface area (Å²) in [6.45, 7) is 0. The Morgan fingerprint density at radius 2 is 0.0952 bits per heavy atom. The van der Waals surface area contributed by atoms with Crippen LogP contribution >= 0.6 is 0 Å². The molecule has 41 nitrogen and oxygen atoms in total. The molecule has 0 saturated carbocycles. The number of aliphatic hydroxyl groups excluding tert-OH is 1. The van der Waals surface area contributed by atoms with Crippen LogP contribution in [-0.4, -0.2) is 12.2 Å². The predicted molar refractivity (Wildman–Crippen MR) is 209 cm³/mol. The molecule has 0 spiro atoms. The minimum atomic E-state index is 0. The molecule has 0 saturated heterocycles. The van der Waals surface area contributed by atoms with Crippen molar-refractivity contribution in [3.05, 3.63) is 0 Å². The summed E-state index contributed by atoms with van der Waals surface area (Å²) >= 11 is 0.